The minimum atomic E-state index is -4.75. The van der Waals surface area contributed by atoms with E-state index in [-0.39, 0.29) is 31.7 Å². The molecule has 1 N–H and O–H groups in total. The van der Waals surface area contributed by atoms with E-state index in [1.54, 1.807) is 29.5 Å². The number of alkyl halides is 3. The van der Waals surface area contributed by atoms with Gasteiger partial charge in [-0.25, -0.2) is 16.8 Å². The number of thiazole rings is 1. The Bertz CT molecular complexity index is 2040. The van der Waals surface area contributed by atoms with Gasteiger partial charge in [0.2, 0.25) is 11.4 Å². The Morgan fingerprint density at radius 1 is 1.02 bits per heavy atom. The number of aryl methyl sites for hydroxylation is 3. The van der Waals surface area contributed by atoms with Crippen LogP contribution in [0.4, 0.5) is 24.5 Å². The van der Waals surface area contributed by atoms with Crippen LogP contribution in [0.25, 0.3) is 16.4 Å². The average molecular weight is 795 g/mol. The molecular formula is C32H42ClF3N6O6S3. The van der Waals surface area contributed by atoms with Gasteiger partial charge in [-0.1, -0.05) is 11.6 Å². The van der Waals surface area contributed by atoms with Gasteiger partial charge in [0.1, 0.15) is 15.9 Å². The number of nitrogens with one attached hydrogen (secondary N) is 1. The predicted octanol–water partition coefficient (Wildman–Crippen LogP) is 4.60. The van der Waals surface area contributed by atoms with E-state index in [4.69, 9.17) is 11.6 Å². The van der Waals surface area contributed by atoms with Crippen LogP contribution in [0, 0.1) is 6.92 Å². The summed E-state index contributed by atoms with van der Waals surface area (Å²) in [6, 6.07) is 2.08. The summed E-state index contributed by atoms with van der Waals surface area (Å²) < 4.78 is 115. The number of anilines is 2. The van der Waals surface area contributed by atoms with Gasteiger partial charge in [-0.3, -0.25) is 9.89 Å². The molecule has 5 heterocycles. The first kappa shape index (κ1) is 39.3. The molecule has 3 aliphatic heterocycles. The van der Waals surface area contributed by atoms with Crippen LogP contribution in [0.15, 0.2) is 24.2 Å². The van der Waals surface area contributed by atoms with Crippen LogP contribution in [0.1, 0.15) is 61.6 Å². The van der Waals surface area contributed by atoms with E-state index in [1.807, 2.05) is 17.7 Å². The largest absolute Gasteiger partial charge is 0.748 e. The van der Waals surface area contributed by atoms with Crippen molar-refractivity contribution < 1.29 is 48.3 Å². The lowest BCUT2D eigenvalue weighted by atomic mass is 10.1. The second-order valence-electron chi connectivity index (χ2n) is 12.8. The standard InChI is InChI=1S/C23H26ClF3N4O6S3.C9H16N2/c1-4-29-18-11-16(24)15(23(25,26)27)10-17(18)30(6-5-8-39(32,33)34)19(29)12-20-31(7-9-40(35,36)37)21-14(2)13-28(3)22(21)38-20;1-3-7-11-8-4-2-6-10-9(11)5-1/h10-13H,4-9H2,1-3H3,(H-,32,33,34,35,36,37);1-8H2. The van der Waals surface area contributed by atoms with Crippen LogP contribution in [0.3, 0.4) is 0 Å². The Morgan fingerprint density at radius 2 is 1.69 bits per heavy atom. The molecule has 0 atom stereocenters. The van der Waals surface area contributed by atoms with Gasteiger partial charge in [-0.05, 0) is 69.4 Å². The van der Waals surface area contributed by atoms with Crippen LogP contribution < -0.4 is 19.7 Å². The molecule has 0 saturated heterocycles. The molecule has 0 amide bonds. The molecule has 1 aromatic carbocycles. The summed E-state index contributed by atoms with van der Waals surface area (Å²) in [7, 11) is -7.33. The van der Waals surface area contributed by atoms with Gasteiger partial charge in [0.25, 0.3) is 5.01 Å². The maximum Gasteiger partial charge on any atom is 0.417 e. The normalized spacial score (nSPS) is 17.7. The zero-order valence-corrected chi connectivity index (χ0v) is 31.8. The second-order valence-corrected chi connectivity index (χ2v) is 17.3. The fourth-order valence-electron chi connectivity index (χ4n) is 6.81. The van der Waals surface area contributed by atoms with Crippen molar-refractivity contribution in [2.24, 2.45) is 7.05 Å². The van der Waals surface area contributed by atoms with E-state index in [0.717, 1.165) is 16.5 Å². The Labute approximate surface area is 305 Å². The first-order valence-electron chi connectivity index (χ1n) is 16.8. The Morgan fingerprint density at radius 3 is 2.33 bits per heavy atom. The molecule has 0 spiro atoms. The SMILES string of the molecule is C1CC[N+]2=C(CCCC2)NC1.CCN1C(=Cc2sc3c(c(C)cn3C)[n+]2CCS(=O)(=O)[O-])N(CCCS(=O)(=O)[O-])c2cc(C(F)(F)F)c(Cl)cc21. The summed E-state index contributed by atoms with van der Waals surface area (Å²) in [5, 5.41) is 3.53. The van der Waals surface area contributed by atoms with Crippen LogP contribution >= 0.6 is 22.9 Å². The summed E-state index contributed by atoms with van der Waals surface area (Å²) in [5.41, 5.74) is 0.928. The molecule has 3 aliphatic rings. The first-order valence-corrected chi connectivity index (χ1v) is 21.1. The highest BCUT2D eigenvalue weighted by atomic mass is 35.5. The molecule has 51 heavy (non-hydrogen) atoms. The number of amidine groups is 1. The van der Waals surface area contributed by atoms with Crippen LogP contribution in [-0.4, -0.2) is 85.1 Å². The van der Waals surface area contributed by atoms with Crippen molar-refractivity contribution in [2.75, 3.05) is 54.0 Å². The minimum Gasteiger partial charge on any atom is -0.748 e. The van der Waals surface area contributed by atoms with E-state index in [2.05, 4.69) is 9.89 Å². The molecule has 0 saturated carbocycles. The van der Waals surface area contributed by atoms with E-state index >= 15 is 0 Å². The number of hydrogen-bond donors (Lipinski definition) is 1. The number of halogens is 4. The quantitative estimate of drug-likeness (QED) is 0.243. The number of hydrogen-bond acceptors (Lipinski definition) is 10. The van der Waals surface area contributed by atoms with E-state index in [1.165, 1.54) is 79.9 Å². The van der Waals surface area contributed by atoms with Crippen LogP contribution in [0.2, 0.25) is 5.02 Å². The van der Waals surface area contributed by atoms with Crippen LogP contribution in [0.5, 0.6) is 0 Å². The molecule has 2 aromatic heterocycles. The molecule has 282 valence electrons. The van der Waals surface area contributed by atoms with E-state index < -0.39 is 48.5 Å². The van der Waals surface area contributed by atoms with Crippen molar-refractivity contribution in [3.63, 3.8) is 0 Å². The maximum atomic E-state index is 13.7. The van der Waals surface area contributed by atoms with Crippen molar-refractivity contribution in [3.05, 3.63) is 45.3 Å². The van der Waals surface area contributed by atoms with E-state index in [0.29, 0.717) is 22.0 Å². The summed E-state index contributed by atoms with van der Waals surface area (Å²) >= 11 is 7.31. The zero-order chi connectivity index (χ0) is 37.3. The Kier molecular flexibility index (Phi) is 12.0. The molecular weight excluding hydrogens is 753 g/mol. The highest BCUT2D eigenvalue weighted by Crippen LogP contribution is 2.48. The average Bonchev–Trinajstić information content (AvgIpc) is 3.53. The van der Waals surface area contributed by atoms with Gasteiger partial charge in [0.15, 0.2) is 11.4 Å². The third kappa shape index (κ3) is 9.37. The smallest absolute Gasteiger partial charge is 0.417 e. The number of aromatic nitrogens is 2. The predicted molar refractivity (Wildman–Crippen MR) is 190 cm³/mol. The topological polar surface area (TPSA) is 145 Å². The highest BCUT2D eigenvalue weighted by molar-refractivity contribution is 7.85. The van der Waals surface area contributed by atoms with Gasteiger partial charge in [-0.2, -0.15) is 17.7 Å². The van der Waals surface area contributed by atoms with Crippen molar-refractivity contribution in [2.45, 2.75) is 65.1 Å². The fraction of sp³-hybridized carbons (Fsp3) is 0.562. The lowest BCUT2D eigenvalue weighted by Crippen LogP contribution is -2.39. The third-order valence-electron chi connectivity index (χ3n) is 9.09. The zero-order valence-electron chi connectivity index (χ0n) is 28.6. The molecule has 12 nitrogen and oxygen atoms in total. The molecule has 19 heteroatoms. The van der Waals surface area contributed by atoms with Gasteiger partial charge in [-0.15, -0.1) is 0 Å². The van der Waals surface area contributed by atoms with Crippen molar-refractivity contribution >= 4 is 76.8 Å². The Hall–Kier alpha value is -2.90. The summed E-state index contributed by atoms with van der Waals surface area (Å²) in [4.78, 5) is 3.96. The minimum absolute atomic E-state index is 0.103. The number of rotatable bonds is 9. The molecule has 0 unspecified atom stereocenters. The van der Waals surface area contributed by atoms with Gasteiger partial charge >= 0.3 is 6.18 Å². The Balaban J connectivity index is 0.000000386. The van der Waals surface area contributed by atoms with Crippen molar-refractivity contribution in [3.8, 4) is 0 Å². The maximum absolute atomic E-state index is 13.7. The molecule has 0 aliphatic carbocycles. The van der Waals surface area contributed by atoms with Gasteiger partial charge < -0.3 is 23.5 Å². The molecule has 0 radical (unpaired) electrons. The molecule has 0 fully saturated rings. The van der Waals surface area contributed by atoms with Crippen molar-refractivity contribution in [1.82, 2.24) is 9.88 Å². The fourth-order valence-corrected chi connectivity index (χ4v) is 9.19. The molecule has 6 rings (SSSR count). The summed E-state index contributed by atoms with van der Waals surface area (Å²) in [6.45, 7) is 7.41. The van der Waals surface area contributed by atoms with Crippen LogP contribution in [-0.2, 0) is 40.0 Å². The first-order chi connectivity index (χ1) is 23.9. The van der Waals surface area contributed by atoms with Crippen molar-refractivity contribution in [1.29, 1.82) is 0 Å². The lowest BCUT2D eigenvalue weighted by Gasteiger charge is -2.24. The number of nitrogens with zero attached hydrogens (tertiary/aromatic N) is 5. The monoisotopic (exact) mass is 794 g/mol. The second kappa shape index (κ2) is 15.6. The highest BCUT2D eigenvalue weighted by Gasteiger charge is 2.39. The molecule has 0 bridgehead atoms. The van der Waals surface area contributed by atoms with Gasteiger partial charge in [0, 0.05) is 44.1 Å². The number of benzene rings is 1. The van der Waals surface area contributed by atoms with E-state index in [9.17, 15) is 39.1 Å². The third-order valence-corrected chi connectivity index (χ3v) is 12.1. The van der Waals surface area contributed by atoms with Gasteiger partial charge in [0.05, 0.1) is 63.5 Å². The number of fused-ring (bicyclic) bond motifs is 2. The molecule has 3 aromatic rings. The summed E-state index contributed by atoms with van der Waals surface area (Å²) in [6.07, 6.45) is 5.37. The summed E-state index contributed by atoms with van der Waals surface area (Å²) in [5.74, 6) is 0.496. The lowest BCUT2D eigenvalue weighted by molar-refractivity contribution is -0.664.